The molecule has 0 bridgehead atoms. The van der Waals surface area contributed by atoms with Gasteiger partial charge in [0.05, 0.1) is 38.0 Å². The lowest BCUT2D eigenvalue weighted by atomic mass is 10.1. The van der Waals surface area contributed by atoms with Crippen LogP contribution in [-0.2, 0) is 33.6 Å². The Morgan fingerprint density at radius 1 is 0.581 bits per heavy atom. The van der Waals surface area contributed by atoms with Gasteiger partial charge in [-0.1, -0.05) is 58.3 Å². The van der Waals surface area contributed by atoms with Gasteiger partial charge in [0, 0.05) is 25.9 Å². The molecule has 6 amide bonds. The van der Waals surface area contributed by atoms with E-state index in [1.807, 2.05) is 6.92 Å². The number of rotatable bonds is 36. The lowest BCUT2D eigenvalue weighted by molar-refractivity contribution is -0.142. The number of hydrogen-bond donors (Lipinski definition) is 11. The molecule has 4 unspecified atom stereocenters. The predicted octanol–water partition coefficient (Wildman–Crippen LogP) is 0.615. The third-order valence-corrected chi connectivity index (χ3v) is 9.71. The Labute approximate surface area is 363 Å². The molecular weight excluding hydrogens is 810 g/mol. The maximum atomic E-state index is 12.6. The molecule has 0 saturated carbocycles. The molecular formula is C42H69N7O13. The van der Waals surface area contributed by atoms with Crippen LogP contribution in [0.25, 0.3) is 0 Å². The smallest absolute Gasteiger partial charge is 0.335 e. The summed E-state index contributed by atoms with van der Waals surface area (Å²) in [7, 11) is 0. The monoisotopic (exact) mass is 879 g/mol. The number of ether oxygens (including phenoxy) is 1. The molecule has 0 heterocycles. The number of carbonyl (C=O) groups is 8. The van der Waals surface area contributed by atoms with Crippen LogP contribution in [0.1, 0.15) is 126 Å². The van der Waals surface area contributed by atoms with E-state index >= 15 is 0 Å². The summed E-state index contributed by atoms with van der Waals surface area (Å²) in [4.78, 5) is 97.0. The number of carboxylic acids is 2. The van der Waals surface area contributed by atoms with Crippen LogP contribution in [-0.4, -0.2) is 131 Å². The number of benzene rings is 1. The van der Waals surface area contributed by atoms with Crippen LogP contribution in [0.5, 0.6) is 5.75 Å². The Morgan fingerprint density at radius 2 is 1.10 bits per heavy atom. The summed E-state index contributed by atoms with van der Waals surface area (Å²) < 4.78 is 5.64. The van der Waals surface area contributed by atoms with Crippen LogP contribution in [0.2, 0.25) is 0 Å². The second-order valence-corrected chi connectivity index (χ2v) is 15.0. The number of nitrogens with two attached hydrogens (primary N) is 1. The van der Waals surface area contributed by atoms with Crippen LogP contribution < -0.4 is 42.4 Å². The average molecular weight is 880 g/mol. The maximum Gasteiger partial charge on any atom is 0.335 e. The topological polar surface area (TPSA) is 325 Å². The summed E-state index contributed by atoms with van der Waals surface area (Å²) in [6.45, 7) is 1.08. The van der Waals surface area contributed by atoms with Crippen LogP contribution in [0.3, 0.4) is 0 Å². The quantitative estimate of drug-likeness (QED) is 0.0412. The summed E-state index contributed by atoms with van der Waals surface area (Å²) in [5, 5.41) is 52.3. The Bertz CT molecular complexity index is 1530. The van der Waals surface area contributed by atoms with Crippen molar-refractivity contribution in [2.24, 2.45) is 5.73 Å². The molecule has 0 spiro atoms. The molecule has 0 aromatic heterocycles. The van der Waals surface area contributed by atoms with Gasteiger partial charge in [-0.25, -0.2) is 9.59 Å². The van der Waals surface area contributed by atoms with E-state index in [4.69, 9.17) is 15.6 Å². The van der Waals surface area contributed by atoms with Crippen molar-refractivity contribution in [1.29, 1.82) is 0 Å². The molecule has 0 aliphatic carbocycles. The van der Waals surface area contributed by atoms with Gasteiger partial charge in [0.15, 0.2) is 0 Å². The summed E-state index contributed by atoms with van der Waals surface area (Å²) >= 11 is 0. The highest BCUT2D eigenvalue weighted by Gasteiger charge is 2.25. The number of hydrogen-bond acceptors (Lipinski definition) is 12. The van der Waals surface area contributed by atoms with E-state index in [9.17, 15) is 53.7 Å². The largest absolute Gasteiger partial charge is 0.494 e. The fourth-order valence-corrected chi connectivity index (χ4v) is 5.97. The summed E-state index contributed by atoms with van der Waals surface area (Å²) in [6, 6.07) is 1.46. The first-order chi connectivity index (χ1) is 29.7. The molecule has 62 heavy (non-hydrogen) atoms. The van der Waals surface area contributed by atoms with Crippen molar-refractivity contribution < 1.29 is 63.5 Å². The molecule has 12 N–H and O–H groups in total. The van der Waals surface area contributed by atoms with Gasteiger partial charge in [-0.2, -0.15) is 0 Å². The first-order valence-electron chi connectivity index (χ1n) is 21.6. The molecule has 20 nitrogen and oxygen atoms in total. The molecule has 20 heteroatoms. The van der Waals surface area contributed by atoms with E-state index in [-0.39, 0.29) is 30.9 Å². The van der Waals surface area contributed by atoms with Crippen molar-refractivity contribution >= 4 is 47.4 Å². The van der Waals surface area contributed by atoms with Gasteiger partial charge >= 0.3 is 11.9 Å². The summed E-state index contributed by atoms with van der Waals surface area (Å²) in [6.07, 6.45) is 11.1. The molecule has 0 aliphatic heterocycles. The normalized spacial score (nSPS) is 12.8. The number of aliphatic hydroxyl groups excluding tert-OH is 2. The second kappa shape index (κ2) is 33.3. The molecule has 0 fully saturated rings. The van der Waals surface area contributed by atoms with Gasteiger partial charge in [0.1, 0.15) is 23.9 Å². The van der Waals surface area contributed by atoms with E-state index in [0.29, 0.717) is 44.6 Å². The highest BCUT2D eigenvalue weighted by atomic mass is 16.5. The van der Waals surface area contributed by atoms with Crippen molar-refractivity contribution in [3.8, 4) is 5.75 Å². The third-order valence-electron chi connectivity index (χ3n) is 9.71. The Kier molecular flexibility index (Phi) is 29.4. The fourth-order valence-electron chi connectivity index (χ4n) is 5.97. The van der Waals surface area contributed by atoms with E-state index in [0.717, 1.165) is 64.2 Å². The van der Waals surface area contributed by atoms with Crippen molar-refractivity contribution in [2.75, 3.05) is 39.5 Å². The van der Waals surface area contributed by atoms with Gasteiger partial charge in [-0.3, -0.25) is 28.8 Å². The van der Waals surface area contributed by atoms with E-state index < -0.39 is 91.8 Å². The molecule has 350 valence electrons. The maximum absolute atomic E-state index is 12.6. The van der Waals surface area contributed by atoms with Gasteiger partial charge < -0.3 is 62.8 Å². The standard InChI is InChI=1S/C42H69N7O13/c1-2-3-23-44-38(55)31(43)15-12-13-24-45-39(56)33(27-50)49-37(54)26-46-40(57)34(28-51)48-36(53)22-21-32(42(60)61)47-35(52)16-11-9-7-5-4-6-8-10-14-25-62-30-19-17-29(18-20-30)41(58)59/h17-20,31-34,50-51H,2-16,21-28,43H2,1H3,(H,44,55)(H,45,56)(H,46,57)(H,47,52)(H,48,53)(H,49,54)(H,58,59)(H,60,61). The summed E-state index contributed by atoms with van der Waals surface area (Å²) in [5.41, 5.74) is 6.09. The number of carboxylic acid groups (broad SMARTS) is 2. The summed E-state index contributed by atoms with van der Waals surface area (Å²) in [5.74, 6) is -5.62. The average Bonchev–Trinajstić information content (AvgIpc) is 3.25. The minimum absolute atomic E-state index is 0.121. The molecule has 0 radical (unpaired) electrons. The fraction of sp³-hybridized carbons (Fsp3) is 0.667. The Morgan fingerprint density at radius 3 is 1.68 bits per heavy atom. The van der Waals surface area contributed by atoms with E-state index in [1.165, 1.54) is 12.1 Å². The number of aliphatic carboxylic acids is 1. The molecule has 1 rings (SSSR count). The van der Waals surface area contributed by atoms with Crippen molar-refractivity contribution in [1.82, 2.24) is 31.9 Å². The zero-order valence-electron chi connectivity index (χ0n) is 35.9. The van der Waals surface area contributed by atoms with Crippen molar-refractivity contribution in [3.63, 3.8) is 0 Å². The van der Waals surface area contributed by atoms with E-state index in [1.54, 1.807) is 12.1 Å². The molecule has 4 atom stereocenters. The van der Waals surface area contributed by atoms with Crippen molar-refractivity contribution in [3.05, 3.63) is 29.8 Å². The number of aromatic carboxylic acids is 1. The van der Waals surface area contributed by atoms with Gasteiger partial charge in [-0.05, 0) is 69.2 Å². The van der Waals surface area contributed by atoms with Crippen molar-refractivity contribution in [2.45, 2.75) is 140 Å². The SMILES string of the molecule is CCCCNC(=O)C(N)CCCCNC(=O)C(CO)NC(=O)CNC(=O)C(CO)NC(=O)CCC(NC(=O)CCCCCCCCCCCOc1ccc(C(=O)O)cc1)C(=O)O. The first-order valence-corrected chi connectivity index (χ1v) is 21.6. The minimum Gasteiger partial charge on any atom is -0.494 e. The molecule has 0 aliphatic rings. The minimum atomic E-state index is -1.49. The number of unbranched alkanes of at least 4 members (excludes halogenated alkanes) is 10. The Balaban J connectivity index is 2.24. The lowest BCUT2D eigenvalue weighted by Gasteiger charge is -2.19. The lowest BCUT2D eigenvalue weighted by Crippen LogP contribution is -2.54. The highest BCUT2D eigenvalue weighted by Crippen LogP contribution is 2.14. The zero-order chi connectivity index (χ0) is 46.1. The van der Waals surface area contributed by atoms with Crippen LogP contribution in [0, 0.1) is 0 Å². The third kappa shape index (κ3) is 25.4. The van der Waals surface area contributed by atoms with Crippen LogP contribution in [0.4, 0.5) is 0 Å². The second-order valence-electron chi connectivity index (χ2n) is 15.0. The van der Waals surface area contributed by atoms with Crippen LogP contribution >= 0.6 is 0 Å². The Hall–Kier alpha value is -5.34. The predicted molar refractivity (Wildman–Crippen MR) is 228 cm³/mol. The highest BCUT2D eigenvalue weighted by molar-refractivity contribution is 5.93. The first kappa shape index (κ1) is 54.7. The zero-order valence-corrected chi connectivity index (χ0v) is 35.9. The molecule has 1 aromatic rings. The van der Waals surface area contributed by atoms with E-state index in [2.05, 4.69) is 31.9 Å². The number of amides is 6. The van der Waals surface area contributed by atoms with Gasteiger partial charge in [0.25, 0.3) is 0 Å². The molecule has 1 aromatic carbocycles. The van der Waals surface area contributed by atoms with Gasteiger partial charge in [-0.15, -0.1) is 0 Å². The number of aliphatic hydroxyl groups is 2. The van der Waals surface area contributed by atoms with Crippen LogP contribution in [0.15, 0.2) is 24.3 Å². The molecule has 0 saturated heterocycles. The number of nitrogens with one attached hydrogen (secondary N) is 6. The van der Waals surface area contributed by atoms with Gasteiger partial charge in [0.2, 0.25) is 35.4 Å². The number of carbonyl (C=O) groups excluding carboxylic acids is 6.